The predicted molar refractivity (Wildman–Crippen MR) is 76.5 cm³/mol. The lowest BCUT2D eigenvalue weighted by atomic mass is 10.1. The molecule has 0 bridgehead atoms. The second-order valence-electron chi connectivity index (χ2n) is 4.34. The zero-order valence-corrected chi connectivity index (χ0v) is 11.0. The van der Waals surface area contributed by atoms with Crippen molar-refractivity contribution in [1.29, 1.82) is 0 Å². The molecule has 0 spiro atoms. The minimum absolute atomic E-state index is 0.0511. The second kappa shape index (κ2) is 6.47. The Hall–Kier alpha value is -2.96. The van der Waals surface area contributed by atoms with Crippen LogP contribution in [0.5, 0.6) is 0 Å². The summed E-state index contributed by atoms with van der Waals surface area (Å²) in [6.07, 6.45) is 1.89. The van der Waals surface area contributed by atoms with Crippen LogP contribution in [0.25, 0.3) is 0 Å². The molecule has 0 aliphatic carbocycles. The maximum atomic E-state index is 10.7. The Morgan fingerprint density at radius 3 is 2.48 bits per heavy atom. The van der Waals surface area contributed by atoms with E-state index in [1.54, 1.807) is 30.3 Å². The topological polar surface area (TPSA) is 105 Å². The summed E-state index contributed by atoms with van der Waals surface area (Å²) in [4.78, 5) is 24.6. The SMILES string of the molecule is O=C(O)c1ccc(CCNc2ccc([N+](=O)[O-])cn2)cc1. The number of hydrogen-bond acceptors (Lipinski definition) is 5. The number of anilines is 1. The summed E-state index contributed by atoms with van der Waals surface area (Å²) >= 11 is 0. The lowest BCUT2D eigenvalue weighted by molar-refractivity contribution is -0.385. The number of benzene rings is 1. The molecule has 1 aromatic carbocycles. The highest BCUT2D eigenvalue weighted by atomic mass is 16.6. The van der Waals surface area contributed by atoms with E-state index in [4.69, 9.17) is 5.11 Å². The van der Waals surface area contributed by atoms with Gasteiger partial charge in [-0.3, -0.25) is 10.1 Å². The van der Waals surface area contributed by atoms with Gasteiger partial charge in [0.1, 0.15) is 12.0 Å². The molecule has 0 aliphatic rings. The monoisotopic (exact) mass is 287 g/mol. The number of nitro groups is 1. The predicted octanol–water partition coefficient (Wildman–Crippen LogP) is 2.34. The number of nitrogens with zero attached hydrogens (tertiary/aromatic N) is 2. The number of nitrogens with one attached hydrogen (secondary N) is 1. The van der Waals surface area contributed by atoms with Crippen molar-refractivity contribution in [2.45, 2.75) is 6.42 Å². The number of carboxylic acid groups (broad SMARTS) is 1. The summed E-state index contributed by atoms with van der Waals surface area (Å²) in [5.41, 5.74) is 1.20. The van der Waals surface area contributed by atoms with Crippen molar-refractivity contribution in [2.24, 2.45) is 0 Å². The van der Waals surface area contributed by atoms with Crippen LogP contribution >= 0.6 is 0 Å². The molecular formula is C14H13N3O4. The first-order valence-corrected chi connectivity index (χ1v) is 6.23. The Kier molecular flexibility index (Phi) is 4.45. The fourth-order valence-electron chi connectivity index (χ4n) is 1.75. The molecule has 21 heavy (non-hydrogen) atoms. The van der Waals surface area contributed by atoms with E-state index in [1.807, 2.05) is 0 Å². The minimum atomic E-state index is -0.949. The average molecular weight is 287 g/mol. The number of aromatic nitrogens is 1. The number of pyridine rings is 1. The van der Waals surface area contributed by atoms with Gasteiger partial charge in [0.05, 0.1) is 10.5 Å². The quantitative estimate of drug-likeness (QED) is 0.624. The molecule has 0 fully saturated rings. The third kappa shape index (κ3) is 4.00. The van der Waals surface area contributed by atoms with Crippen LogP contribution in [0.1, 0.15) is 15.9 Å². The smallest absolute Gasteiger partial charge is 0.335 e. The molecule has 108 valence electrons. The average Bonchev–Trinajstić information content (AvgIpc) is 2.48. The van der Waals surface area contributed by atoms with Crippen molar-refractivity contribution in [1.82, 2.24) is 4.98 Å². The van der Waals surface area contributed by atoms with E-state index in [0.29, 0.717) is 18.8 Å². The Bertz CT molecular complexity index is 581. The van der Waals surface area contributed by atoms with Gasteiger partial charge in [0, 0.05) is 12.6 Å². The molecule has 0 saturated heterocycles. The van der Waals surface area contributed by atoms with Gasteiger partial charge in [0.15, 0.2) is 0 Å². The maximum absolute atomic E-state index is 10.7. The van der Waals surface area contributed by atoms with E-state index in [1.165, 1.54) is 12.3 Å². The van der Waals surface area contributed by atoms with Crippen LogP contribution in [0, 0.1) is 10.1 Å². The Morgan fingerprint density at radius 2 is 1.95 bits per heavy atom. The molecule has 0 saturated carbocycles. The van der Waals surface area contributed by atoms with Crippen molar-refractivity contribution >= 4 is 17.5 Å². The third-order valence-electron chi connectivity index (χ3n) is 2.88. The zero-order valence-electron chi connectivity index (χ0n) is 11.0. The molecule has 1 heterocycles. The van der Waals surface area contributed by atoms with Gasteiger partial charge in [-0.1, -0.05) is 12.1 Å². The third-order valence-corrected chi connectivity index (χ3v) is 2.88. The standard InChI is InChI=1S/C14H13N3O4/c18-14(19)11-3-1-10(2-4-11)7-8-15-13-6-5-12(9-16-13)17(20)21/h1-6,9H,7-8H2,(H,15,16)(H,18,19). The molecule has 1 aromatic heterocycles. The summed E-state index contributed by atoms with van der Waals surface area (Å²) < 4.78 is 0. The van der Waals surface area contributed by atoms with Gasteiger partial charge in [-0.15, -0.1) is 0 Å². The number of carboxylic acids is 1. The van der Waals surface area contributed by atoms with Gasteiger partial charge in [0.2, 0.25) is 0 Å². The summed E-state index contributed by atoms with van der Waals surface area (Å²) in [6, 6.07) is 9.56. The molecule has 2 N–H and O–H groups in total. The first kappa shape index (κ1) is 14.4. The molecule has 0 radical (unpaired) electrons. The summed E-state index contributed by atoms with van der Waals surface area (Å²) in [6.45, 7) is 0.594. The molecule has 0 aliphatic heterocycles. The summed E-state index contributed by atoms with van der Waals surface area (Å²) in [5, 5.41) is 22.3. The van der Waals surface area contributed by atoms with Crippen LogP contribution in [0.4, 0.5) is 11.5 Å². The van der Waals surface area contributed by atoms with E-state index in [9.17, 15) is 14.9 Å². The molecule has 7 nitrogen and oxygen atoms in total. The number of hydrogen-bond donors (Lipinski definition) is 2. The van der Waals surface area contributed by atoms with Crippen molar-refractivity contribution in [3.8, 4) is 0 Å². The lowest BCUT2D eigenvalue weighted by Crippen LogP contribution is -2.06. The fourth-order valence-corrected chi connectivity index (χ4v) is 1.75. The van der Waals surface area contributed by atoms with E-state index in [-0.39, 0.29) is 11.3 Å². The largest absolute Gasteiger partial charge is 0.478 e. The highest BCUT2D eigenvalue weighted by Gasteiger charge is 2.05. The number of rotatable bonds is 6. The van der Waals surface area contributed by atoms with Crippen LogP contribution in [0.2, 0.25) is 0 Å². The highest BCUT2D eigenvalue weighted by Crippen LogP contribution is 2.12. The van der Waals surface area contributed by atoms with E-state index in [0.717, 1.165) is 5.56 Å². The van der Waals surface area contributed by atoms with Gasteiger partial charge in [-0.25, -0.2) is 9.78 Å². The summed E-state index contributed by atoms with van der Waals surface area (Å²) in [7, 11) is 0. The fraction of sp³-hybridized carbons (Fsp3) is 0.143. The Balaban J connectivity index is 1.86. The summed E-state index contributed by atoms with van der Waals surface area (Å²) in [5.74, 6) is -0.391. The number of aromatic carboxylic acids is 1. The normalized spacial score (nSPS) is 10.1. The van der Waals surface area contributed by atoms with Crippen LogP contribution in [-0.2, 0) is 6.42 Å². The van der Waals surface area contributed by atoms with Crippen LogP contribution in [-0.4, -0.2) is 27.5 Å². The Morgan fingerprint density at radius 1 is 1.24 bits per heavy atom. The molecule has 0 atom stereocenters. The van der Waals surface area contributed by atoms with Crippen molar-refractivity contribution in [3.05, 3.63) is 63.8 Å². The highest BCUT2D eigenvalue weighted by molar-refractivity contribution is 5.87. The zero-order chi connectivity index (χ0) is 15.2. The molecule has 7 heteroatoms. The van der Waals surface area contributed by atoms with Crippen molar-refractivity contribution < 1.29 is 14.8 Å². The lowest BCUT2D eigenvalue weighted by Gasteiger charge is -2.05. The van der Waals surface area contributed by atoms with Crippen molar-refractivity contribution in [2.75, 3.05) is 11.9 Å². The van der Waals surface area contributed by atoms with Crippen LogP contribution in [0.15, 0.2) is 42.6 Å². The van der Waals surface area contributed by atoms with E-state index in [2.05, 4.69) is 10.3 Å². The first-order chi connectivity index (χ1) is 10.1. The molecule has 2 rings (SSSR count). The number of carbonyl (C=O) groups is 1. The van der Waals surface area contributed by atoms with Crippen molar-refractivity contribution in [3.63, 3.8) is 0 Å². The van der Waals surface area contributed by atoms with Gasteiger partial charge in [0.25, 0.3) is 5.69 Å². The van der Waals surface area contributed by atoms with Gasteiger partial charge >= 0.3 is 5.97 Å². The Labute approximate surface area is 120 Å². The molecule has 2 aromatic rings. The minimum Gasteiger partial charge on any atom is -0.478 e. The van der Waals surface area contributed by atoms with Crippen LogP contribution in [0.3, 0.4) is 0 Å². The second-order valence-corrected chi connectivity index (χ2v) is 4.34. The van der Waals surface area contributed by atoms with Gasteiger partial charge < -0.3 is 10.4 Å². The molecule has 0 amide bonds. The maximum Gasteiger partial charge on any atom is 0.335 e. The first-order valence-electron chi connectivity index (χ1n) is 6.23. The van der Waals surface area contributed by atoms with Crippen LogP contribution < -0.4 is 5.32 Å². The van der Waals surface area contributed by atoms with E-state index >= 15 is 0 Å². The van der Waals surface area contributed by atoms with Gasteiger partial charge in [-0.2, -0.15) is 0 Å². The molecule has 0 unspecified atom stereocenters. The van der Waals surface area contributed by atoms with E-state index < -0.39 is 10.9 Å². The molecular weight excluding hydrogens is 274 g/mol. The van der Waals surface area contributed by atoms with Gasteiger partial charge in [-0.05, 0) is 30.2 Å².